The molecule has 152 valence electrons. The van der Waals surface area contributed by atoms with E-state index in [9.17, 15) is 8.42 Å². The number of nitrogens with zero attached hydrogens (tertiary/aromatic N) is 2. The third-order valence-corrected chi connectivity index (χ3v) is 5.10. The van der Waals surface area contributed by atoms with Crippen molar-refractivity contribution in [3.8, 4) is 0 Å². The lowest BCUT2D eigenvalue weighted by atomic mass is 10.1. The Morgan fingerprint density at radius 3 is 2.03 bits per heavy atom. The minimum absolute atomic E-state index is 0.0666. The van der Waals surface area contributed by atoms with Crippen LogP contribution in [-0.4, -0.2) is 32.0 Å². The van der Waals surface area contributed by atoms with Crippen LogP contribution in [0, 0.1) is 13.8 Å². The zero-order chi connectivity index (χ0) is 21.4. The molecule has 0 atom stereocenters. The molecule has 5 nitrogen and oxygen atoms in total. The van der Waals surface area contributed by atoms with Crippen LogP contribution in [0.15, 0.2) is 71.8 Å². The lowest BCUT2D eigenvalue weighted by molar-refractivity contribution is 0.483. The fourth-order valence-electron chi connectivity index (χ4n) is 2.45. The molecule has 0 radical (unpaired) electrons. The number of anilines is 1. The molecular formula is C23H26N2O3S. The molecule has 29 heavy (non-hydrogen) atoms. The van der Waals surface area contributed by atoms with Crippen LogP contribution in [0.3, 0.4) is 0 Å². The van der Waals surface area contributed by atoms with Crippen molar-refractivity contribution in [3.63, 3.8) is 0 Å². The Bertz CT molecular complexity index is 1060. The van der Waals surface area contributed by atoms with Gasteiger partial charge in [-0.2, -0.15) is 8.42 Å². The largest absolute Gasteiger partial charge is 0.378 e. The van der Waals surface area contributed by atoms with Crippen LogP contribution in [0.1, 0.15) is 22.4 Å². The fraction of sp³-hybridized carbons (Fsp3) is 0.174. The fourth-order valence-corrected chi connectivity index (χ4v) is 2.93. The quantitative estimate of drug-likeness (QED) is 0.622. The van der Waals surface area contributed by atoms with Crippen molar-refractivity contribution in [1.29, 1.82) is 0 Å². The molecule has 0 saturated carbocycles. The minimum atomic E-state index is -4.02. The van der Waals surface area contributed by atoms with E-state index in [4.69, 9.17) is 4.55 Å². The monoisotopic (exact) mass is 410 g/mol. The second kappa shape index (κ2) is 10.0. The highest BCUT2D eigenvalue weighted by atomic mass is 32.2. The molecule has 1 aromatic heterocycles. The van der Waals surface area contributed by atoms with E-state index in [2.05, 4.69) is 52.4 Å². The van der Waals surface area contributed by atoms with Crippen LogP contribution in [0.5, 0.6) is 0 Å². The number of pyridine rings is 1. The van der Waals surface area contributed by atoms with Gasteiger partial charge in [-0.3, -0.25) is 9.54 Å². The number of hydrogen-bond acceptors (Lipinski definition) is 4. The molecule has 1 heterocycles. The van der Waals surface area contributed by atoms with Crippen LogP contribution in [0.2, 0.25) is 0 Å². The van der Waals surface area contributed by atoms with Crippen molar-refractivity contribution < 1.29 is 13.0 Å². The Morgan fingerprint density at radius 1 is 0.897 bits per heavy atom. The summed E-state index contributed by atoms with van der Waals surface area (Å²) in [7, 11) is 0.0714. The molecule has 0 amide bonds. The zero-order valence-corrected chi connectivity index (χ0v) is 17.9. The summed E-state index contributed by atoms with van der Waals surface area (Å²) in [6, 6.07) is 18.5. The highest BCUT2D eigenvalue weighted by Gasteiger charge is 2.06. The van der Waals surface area contributed by atoms with Gasteiger partial charge >= 0.3 is 0 Å². The van der Waals surface area contributed by atoms with E-state index in [0.29, 0.717) is 0 Å². The van der Waals surface area contributed by atoms with Crippen molar-refractivity contribution in [1.82, 2.24) is 4.98 Å². The van der Waals surface area contributed by atoms with E-state index in [1.807, 2.05) is 40.2 Å². The highest BCUT2D eigenvalue weighted by Crippen LogP contribution is 2.15. The Hall–Kier alpha value is -2.96. The van der Waals surface area contributed by atoms with E-state index in [1.165, 1.54) is 23.4 Å². The molecule has 0 fully saturated rings. The van der Waals surface area contributed by atoms with Crippen LogP contribution in [-0.2, 0) is 10.1 Å². The van der Waals surface area contributed by atoms with Crippen molar-refractivity contribution in [2.45, 2.75) is 18.7 Å². The van der Waals surface area contributed by atoms with Gasteiger partial charge in [0, 0.05) is 31.7 Å². The third-order valence-electron chi connectivity index (χ3n) is 4.23. The second-order valence-electron chi connectivity index (χ2n) is 6.79. The molecular weight excluding hydrogens is 384 g/mol. The second-order valence-corrected chi connectivity index (χ2v) is 8.21. The summed E-state index contributed by atoms with van der Waals surface area (Å²) in [5.41, 5.74) is 5.58. The number of rotatable bonds is 4. The summed E-state index contributed by atoms with van der Waals surface area (Å²) in [4.78, 5) is 6.30. The average Bonchev–Trinajstić information content (AvgIpc) is 2.68. The maximum Gasteiger partial charge on any atom is 0.294 e. The normalized spacial score (nSPS) is 11.1. The number of aryl methyl sites for hydroxylation is 2. The summed E-state index contributed by atoms with van der Waals surface area (Å²) in [6.07, 6.45) is 6.04. The summed E-state index contributed by atoms with van der Waals surface area (Å²) in [6.45, 7) is 3.86. The summed E-state index contributed by atoms with van der Waals surface area (Å²) < 4.78 is 29.6. The van der Waals surface area contributed by atoms with E-state index in [0.717, 1.165) is 16.8 Å². The van der Waals surface area contributed by atoms with Gasteiger partial charge in [0.25, 0.3) is 10.1 Å². The topological polar surface area (TPSA) is 70.5 Å². The van der Waals surface area contributed by atoms with Crippen LogP contribution in [0.25, 0.3) is 12.2 Å². The van der Waals surface area contributed by atoms with Crippen LogP contribution >= 0.6 is 0 Å². The predicted molar refractivity (Wildman–Crippen MR) is 120 cm³/mol. The van der Waals surface area contributed by atoms with Gasteiger partial charge in [0.05, 0.1) is 4.90 Å². The molecule has 1 N–H and O–H groups in total. The SMILES string of the molecule is Cc1ccc(S(=O)(=O)O)cc1.Cc1ncccc1C=Cc1ccc(N(C)C)cc1. The van der Waals surface area contributed by atoms with Crippen molar-refractivity contribution >= 4 is 28.0 Å². The molecule has 0 unspecified atom stereocenters. The molecule has 0 saturated heterocycles. The first-order chi connectivity index (χ1) is 13.7. The van der Waals surface area contributed by atoms with Crippen molar-refractivity contribution in [3.05, 3.63) is 89.2 Å². The Balaban J connectivity index is 0.000000234. The van der Waals surface area contributed by atoms with Gasteiger partial charge in [0.15, 0.2) is 0 Å². The average molecular weight is 411 g/mol. The number of benzene rings is 2. The van der Waals surface area contributed by atoms with Gasteiger partial charge in [0.1, 0.15) is 0 Å². The van der Waals surface area contributed by atoms with Gasteiger partial charge in [-0.1, -0.05) is 48.0 Å². The summed E-state index contributed by atoms with van der Waals surface area (Å²) in [5.74, 6) is 0. The smallest absolute Gasteiger partial charge is 0.294 e. The minimum Gasteiger partial charge on any atom is -0.378 e. The molecule has 3 aromatic rings. The standard InChI is InChI=1S/C16H18N2.C7H8O3S/c1-13-15(5-4-12-17-13)9-6-14-7-10-16(11-8-14)18(2)3;1-6-2-4-7(5-3-6)11(8,9)10/h4-12H,1-3H3;2-5H,1H3,(H,8,9,10). The maximum absolute atomic E-state index is 10.5. The molecule has 2 aromatic carbocycles. The van der Waals surface area contributed by atoms with Gasteiger partial charge in [-0.05, 0) is 55.3 Å². The predicted octanol–water partition coefficient (Wildman–Crippen LogP) is 4.87. The molecule has 0 aliphatic carbocycles. The van der Waals surface area contributed by atoms with Crippen molar-refractivity contribution in [2.75, 3.05) is 19.0 Å². The van der Waals surface area contributed by atoms with E-state index in [1.54, 1.807) is 12.1 Å². The van der Waals surface area contributed by atoms with Gasteiger partial charge < -0.3 is 4.90 Å². The van der Waals surface area contributed by atoms with Gasteiger partial charge in [-0.25, -0.2) is 0 Å². The summed E-state index contributed by atoms with van der Waals surface area (Å²) in [5, 5.41) is 0. The van der Waals surface area contributed by atoms with Gasteiger partial charge in [0.2, 0.25) is 0 Å². The van der Waals surface area contributed by atoms with Gasteiger partial charge in [-0.15, -0.1) is 0 Å². The van der Waals surface area contributed by atoms with E-state index >= 15 is 0 Å². The van der Waals surface area contributed by atoms with Crippen LogP contribution in [0.4, 0.5) is 5.69 Å². The molecule has 3 rings (SSSR count). The summed E-state index contributed by atoms with van der Waals surface area (Å²) >= 11 is 0. The Kier molecular flexibility index (Phi) is 7.70. The Morgan fingerprint density at radius 2 is 1.52 bits per heavy atom. The lowest BCUT2D eigenvalue weighted by Gasteiger charge is -2.11. The first kappa shape index (κ1) is 22.3. The number of aromatic nitrogens is 1. The van der Waals surface area contributed by atoms with E-state index in [-0.39, 0.29) is 4.90 Å². The zero-order valence-electron chi connectivity index (χ0n) is 17.1. The number of hydrogen-bond donors (Lipinski definition) is 1. The lowest BCUT2D eigenvalue weighted by Crippen LogP contribution is -2.07. The van der Waals surface area contributed by atoms with Crippen molar-refractivity contribution in [2.24, 2.45) is 0 Å². The molecule has 0 aliphatic rings. The molecule has 0 spiro atoms. The first-order valence-corrected chi connectivity index (χ1v) is 10.5. The molecule has 0 bridgehead atoms. The maximum atomic E-state index is 10.5. The Labute approximate surface area is 173 Å². The highest BCUT2D eigenvalue weighted by molar-refractivity contribution is 7.85. The molecule has 0 aliphatic heterocycles. The molecule has 6 heteroatoms. The first-order valence-electron chi connectivity index (χ1n) is 9.08. The van der Waals surface area contributed by atoms with Crippen LogP contribution < -0.4 is 4.90 Å². The third kappa shape index (κ3) is 7.18. The van der Waals surface area contributed by atoms with E-state index < -0.39 is 10.1 Å².